The molecule has 7 heteroatoms. The van der Waals surface area contributed by atoms with E-state index in [0.29, 0.717) is 10.6 Å². The van der Waals surface area contributed by atoms with Gasteiger partial charge in [0.2, 0.25) is 5.91 Å². The molecule has 5 nitrogen and oxygen atoms in total. The summed E-state index contributed by atoms with van der Waals surface area (Å²) in [5.41, 5.74) is 3.86. The second kappa shape index (κ2) is 9.75. The molecule has 5 rings (SSSR count). The number of benzene rings is 3. The van der Waals surface area contributed by atoms with Crippen molar-refractivity contribution in [2.24, 2.45) is 0 Å². The van der Waals surface area contributed by atoms with Crippen molar-refractivity contribution in [3.8, 4) is 0 Å². The molecule has 2 aromatic heterocycles. The average molecular weight is 486 g/mol. The highest BCUT2D eigenvalue weighted by atomic mass is 32.2. The number of hydrogen-bond acceptors (Lipinski definition) is 4. The molecule has 0 saturated heterocycles. The summed E-state index contributed by atoms with van der Waals surface area (Å²) < 4.78 is 2.29. The number of rotatable bonds is 7. The Balaban J connectivity index is 1.25. The summed E-state index contributed by atoms with van der Waals surface area (Å²) in [5.74, 6) is 0.0724. The van der Waals surface area contributed by atoms with E-state index >= 15 is 0 Å². The molecule has 0 aliphatic heterocycles. The third-order valence-electron chi connectivity index (χ3n) is 5.58. The highest BCUT2D eigenvalue weighted by Crippen LogP contribution is 2.31. The summed E-state index contributed by atoms with van der Waals surface area (Å²) in [5, 5.41) is 10.1. The molecule has 34 heavy (non-hydrogen) atoms. The number of thiophene rings is 1. The molecule has 0 unspecified atom stereocenters. The smallest absolute Gasteiger partial charge is 0.265 e. The number of thioether (sulfide) groups is 1. The van der Waals surface area contributed by atoms with Crippen LogP contribution in [0, 0.1) is 0 Å². The second-order valence-corrected chi connectivity index (χ2v) is 9.79. The monoisotopic (exact) mass is 485 g/mol. The molecule has 0 spiro atoms. The Bertz CT molecular complexity index is 1490. The van der Waals surface area contributed by atoms with Gasteiger partial charge < -0.3 is 15.2 Å². The van der Waals surface area contributed by atoms with E-state index in [4.69, 9.17) is 0 Å². The van der Waals surface area contributed by atoms with Crippen LogP contribution in [-0.4, -0.2) is 22.1 Å². The Morgan fingerprint density at radius 2 is 1.68 bits per heavy atom. The number of fused-ring (bicyclic) bond motifs is 3. The Hall–Kier alpha value is -3.55. The number of aromatic nitrogens is 1. The Kier molecular flexibility index (Phi) is 6.38. The quantitative estimate of drug-likeness (QED) is 0.248. The van der Waals surface area contributed by atoms with E-state index in [0.717, 1.165) is 28.0 Å². The molecular weight excluding hydrogens is 462 g/mol. The number of hydrogen-bond donors (Lipinski definition) is 2. The number of para-hydroxylation sites is 1. The SMILES string of the molecule is CCn1c2ccccc2c2cc(NC(=O)CSc3cccc(NC(=O)c4cccs4)c3)ccc21. The minimum Gasteiger partial charge on any atom is -0.341 e. The maximum absolute atomic E-state index is 12.7. The van der Waals surface area contributed by atoms with Gasteiger partial charge in [-0.2, -0.15) is 0 Å². The van der Waals surface area contributed by atoms with Gasteiger partial charge in [0.05, 0.1) is 10.6 Å². The lowest BCUT2D eigenvalue weighted by Crippen LogP contribution is -2.14. The number of amides is 2. The van der Waals surface area contributed by atoms with Crippen molar-refractivity contribution in [2.75, 3.05) is 16.4 Å². The van der Waals surface area contributed by atoms with Gasteiger partial charge in [0.15, 0.2) is 0 Å². The molecule has 0 radical (unpaired) electrons. The molecule has 0 fully saturated rings. The zero-order valence-electron chi connectivity index (χ0n) is 18.6. The minimum absolute atomic E-state index is 0.0726. The Labute approximate surface area is 205 Å². The topological polar surface area (TPSA) is 63.1 Å². The first kappa shape index (κ1) is 22.3. The van der Waals surface area contributed by atoms with Gasteiger partial charge in [-0.25, -0.2) is 0 Å². The zero-order chi connectivity index (χ0) is 23.5. The van der Waals surface area contributed by atoms with E-state index in [-0.39, 0.29) is 17.6 Å². The van der Waals surface area contributed by atoms with Crippen LogP contribution in [0.2, 0.25) is 0 Å². The van der Waals surface area contributed by atoms with Crippen molar-refractivity contribution in [2.45, 2.75) is 18.4 Å². The fourth-order valence-electron chi connectivity index (χ4n) is 4.08. The summed E-state index contributed by atoms with van der Waals surface area (Å²) in [6.07, 6.45) is 0. The van der Waals surface area contributed by atoms with Gasteiger partial charge in [-0.3, -0.25) is 9.59 Å². The first-order chi connectivity index (χ1) is 16.6. The molecule has 5 aromatic rings. The van der Waals surface area contributed by atoms with Crippen molar-refractivity contribution in [1.82, 2.24) is 4.57 Å². The van der Waals surface area contributed by atoms with E-state index in [9.17, 15) is 9.59 Å². The van der Waals surface area contributed by atoms with E-state index in [1.807, 2.05) is 53.9 Å². The Morgan fingerprint density at radius 1 is 0.853 bits per heavy atom. The van der Waals surface area contributed by atoms with Crippen molar-refractivity contribution < 1.29 is 9.59 Å². The van der Waals surface area contributed by atoms with Crippen molar-refractivity contribution >= 4 is 68.1 Å². The molecule has 0 saturated carbocycles. The van der Waals surface area contributed by atoms with Crippen LogP contribution in [0.1, 0.15) is 16.6 Å². The molecule has 2 heterocycles. The molecule has 3 aromatic carbocycles. The van der Waals surface area contributed by atoms with Crippen LogP contribution >= 0.6 is 23.1 Å². The fraction of sp³-hybridized carbons (Fsp3) is 0.111. The predicted octanol–water partition coefficient (Wildman–Crippen LogP) is 6.86. The molecule has 0 bridgehead atoms. The second-order valence-electron chi connectivity index (χ2n) is 7.79. The molecule has 0 atom stereocenters. The summed E-state index contributed by atoms with van der Waals surface area (Å²) >= 11 is 2.84. The van der Waals surface area contributed by atoms with Gasteiger partial charge in [0.25, 0.3) is 5.91 Å². The third kappa shape index (κ3) is 4.58. The van der Waals surface area contributed by atoms with Gasteiger partial charge >= 0.3 is 0 Å². The van der Waals surface area contributed by atoms with Gasteiger partial charge in [0, 0.05) is 44.6 Å². The molecule has 2 N–H and O–H groups in total. The van der Waals surface area contributed by atoms with Crippen LogP contribution in [0.25, 0.3) is 21.8 Å². The van der Waals surface area contributed by atoms with Crippen molar-refractivity contribution in [3.63, 3.8) is 0 Å². The van der Waals surface area contributed by atoms with Crippen LogP contribution in [0.5, 0.6) is 0 Å². The minimum atomic E-state index is -0.130. The van der Waals surface area contributed by atoms with Crippen LogP contribution in [0.4, 0.5) is 11.4 Å². The summed E-state index contributed by atoms with van der Waals surface area (Å²) in [4.78, 5) is 26.5. The van der Waals surface area contributed by atoms with E-state index in [1.54, 1.807) is 6.07 Å². The van der Waals surface area contributed by atoms with Crippen LogP contribution < -0.4 is 10.6 Å². The van der Waals surface area contributed by atoms with Gasteiger partial charge in [-0.15, -0.1) is 23.1 Å². The highest BCUT2D eigenvalue weighted by Gasteiger charge is 2.12. The summed E-state index contributed by atoms with van der Waals surface area (Å²) in [6.45, 7) is 3.03. The first-order valence-electron chi connectivity index (χ1n) is 11.0. The van der Waals surface area contributed by atoms with Crippen LogP contribution in [-0.2, 0) is 11.3 Å². The Morgan fingerprint density at radius 3 is 2.50 bits per heavy atom. The fourth-order valence-corrected chi connectivity index (χ4v) is 5.46. The number of nitrogens with zero attached hydrogens (tertiary/aromatic N) is 1. The van der Waals surface area contributed by atoms with Crippen molar-refractivity contribution in [3.05, 3.63) is 89.1 Å². The summed E-state index contributed by atoms with van der Waals surface area (Å²) in [7, 11) is 0. The normalized spacial score (nSPS) is 11.1. The largest absolute Gasteiger partial charge is 0.341 e. The van der Waals surface area contributed by atoms with Crippen LogP contribution in [0.15, 0.2) is 89.1 Å². The lowest BCUT2D eigenvalue weighted by molar-refractivity contribution is -0.113. The summed E-state index contributed by atoms with van der Waals surface area (Å²) in [6, 6.07) is 25.6. The molecule has 2 amide bonds. The van der Waals surface area contributed by atoms with E-state index in [1.165, 1.54) is 34.0 Å². The van der Waals surface area contributed by atoms with Crippen molar-refractivity contribution in [1.29, 1.82) is 0 Å². The number of nitrogens with one attached hydrogen (secondary N) is 2. The lowest BCUT2D eigenvalue weighted by Gasteiger charge is -2.08. The molecule has 170 valence electrons. The van der Waals surface area contributed by atoms with Gasteiger partial charge in [-0.05, 0) is 60.8 Å². The standard InChI is InChI=1S/C27H23N3O2S2/c1-2-30-23-10-4-3-9-21(23)22-16-19(12-13-24(22)30)28-26(31)17-34-20-8-5-7-18(15-20)29-27(32)25-11-6-14-33-25/h3-16H,2,17H2,1H3,(H,28,31)(H,29,32). The van der Waals surface area contributed by atoms with Crippen LogP contribution in [0.3, 0.4) is 0 Å². The van der Waals surface area contributed by atoms with E-state index < -0.39 is 0 Å². The third-order valence-corrected chi connectivity index (χ3v) is 7.44. The highest BCUT2D eigenvalue weighted by molar-refractivity contribution is 8.00. The van der Waals surface area contributed by atoms with Gasteiger partial charge in [-0.1, -0.05) is 30.3 Å². The number of aryl methyl sites for hydroxylation is 1. The van der Waals surface area contributed by atoms with Gasteiger partial charge in [0.1, 0.15) is 0 Å². The average Bonchev–Trinajstić information content (AvgIpc) is 3.50. The molecule has 0 aliphatic rings. The first-order valence-corrected chi connectivity index (χ1v) is 12.9. The molecule has 0 aliphatic carbocycles. The maximum atomic E-state index is 12.7. The lowest BCUT2D eigenvalue weighted by atomic mass is 10.1. The van der Waals surface area contributed by atoms with E-state index in [2.05, 4.69) is 46.4 Å². The number of carbonyl (C=O) groups is 2. The predicted molar refractivity (Wildman–Crippen MR) is 143 cm³/mol. The maximum Gasteiger partial charge on any atom is 0.265 e. The zero-order valence-corrected chi connectivity index (χ0v) is 20.2. The number of carbonyl (C=O) groups excluding carboxylic acids is 2. The molecular formula is C27H23N3O2S2. The number of anilines is 2.